The Labute approximate surface area is 117 Å². The molecule has 0 radical (unpaired) electrons. The molecule has 1 saturated heterocycles. The highest BCUT2D eigenvalue weighted by Crippen LogP contribution is 2.29. The zero-order valence-corrected chi connectivity index (χ0v) is 11.6. The Kier molecular flexibility index (Phi) is 5.06. The van der Waals surface area contributed by atoms with Crippen LogP contribution >= 0.6 is 0 Å². The van der Waals surface area contributed by atoms with Crippen molar-refractivity contribution in [2.75, 3.05) is 19.6 Å². The highest BCUT2D eigenvalue weighted by molar-refractivity contribution is 5.94. The number of hydrogen-bond acceptors (Lipinski definition) is 2. The number of benzene rings is 1. The Hall–Kier alpha value is -1.49. The van der Waals surface area contributed by atoms with Crippen LogP contribution in [0.3, 0.4) is 0 Å². The van der Waals surface area contributed by atoms with E-state index in [1.165, 1.54) is 6.07 Å². The van der Waals surface area contributed by atoms with Crippen LogP contribution in [0.15, 0.2) is 12.1 Å². The number of carbonyl (C=O) groups is 1. The van der Waals surface area contributed by atoms with Crippen molar-refractivity contribution in [3.05, 3.63) is 34.9 Å². The van der Waals surface area contributed by atoms with E-state index in [2.05, 4.69) is 10.6 Å². The van der Waals surface area contributed by atoms with E-state index in [1.54, 1.807) is 0 Å². The van der Waals surface area contributed by atoms with E-state index in [-0.39, 0.29) is 11.5 Å². The van der Waals surface area contributed by atoms with Crippen molar-refractivity contribution in [1.29, 1.82) is 0 Å². The average molecular weight is 282 g/mol. The molecule has 1 aromatic carbocycles. The van der Waals surface area contributed by atoms with Crippen molar-refractivity contribution >= 4 is 5.91 Å². The molecule has 1 heterocycles. The summed E-state index contributed by atoms with van der Waals surface area (Å²) in [7, 11) is 0. The van der Waals surface area contributed by atoms with Crippen molar-refractivity contribution in [1.82, 2.24) is 10.6 Å². The Morgan fingerprint density at radius 3 is 2.65 bits per heavy atom. The topological polar surface area (TPSA) is 41.1 Å². The van der Waals surface area contributed by atoms with Crippen LogP contribution < -0.4 is 10.6 Å². The smallest absolute Gasteiger partial charge is 0.254 e. The van der Waals surface area contributed by atoms with E-state index >= 15 is 0 Å². The molecule has 20 heavy (non-hydrogen) atoms. The van der Waals surface area contributed by atoms with Gasteiger partial charge in [-0.3, -0.25) is 4.79 Å². The lowest BCUT2D eigenvalue weighted by Gasteiger charge is -2.23. The second-order valence-corrected chi connectivity index (χ2v) is 5.13. The fourth-order valence-electron chi connectivity index (χ4n) is 2.52. The van der Waals surface area contributed by atoms with Gasteiger partial charge < -0.3 is 10.6 Å². The molecular weight excluding hydrogens is 262 g/mol. The summed E-state index contributed by atoms with van der Waals surface area (Å²) in [6.07, 6.45) is 2.33. The molecule has 0 atom stereocenters. The molecule has 1 aromatic rings. The van der Waals surface area contributed by atoms with E-state index in [0.29, 0.717) is 12.1 Å². The van der Waals surface area contributed by atoms with Gasteiger partial charge in [0.1, 0.15) is 11.6 Å². The van der Waals surface area contributed by atoms with Gasteiger partial charge in [0.2, 0.25) is 0 Å². The number of piperidine rings is 1. The van der Waals surface area contributed by atoms with Crippen molar-refractivity contribution < 1.29 is 13.6 Å². The summed E-state index contributed by atoms with van der Waals surface area (Å²) in [5.41, 5.74) is 0.171. The van der Waals surface area contributed by atoms with Gasteiger partial charge in [-0.05, 0) is 56.0 Å². The molecule has 1 aliphatic heterocycles. The second-order valence-electron chi connectivity index (χ2n) is 5.13. The fraction of sp³-hybridized carbons (Fsp3) is 0.533. The van der Waals surface area contributed by atoms with Crippen molar-refractivity contribution in [3.8, 4) is 0 Å². The quantitative estimate of drug-likeness (QED) is 0.891. The van der Waals surface area contributed by atoms with Gasteiger partial charge >= 0.3 is 0 Å². The highest BCUT2D eigenvalue weighted by Gasteiger charge is 2.22. The van der Waals surface area contributed by atoms with Crippen LogP contribution in [-0.2, 0) is 0 Å². The lowest BCUT2D eigenvalue weighted by Crippen LogP contribution is -2.28. The van der Waals surface area contributed by atoms with Crippen molar-refractivity contribution in [3.63, 3.8) is 0 Å². The third-order valence-electron chi connectivity index (χ3n) is 3.65. The van der Waals surface area contributed by atoms with Gasteiger partial charge in [-0.2, -0.15) is 0 Å². The molecule has 0 aliphatic carbocycles. The molecule has 0 saturated carbocycles. The number of halogens is 2. The lowest BCUT2D eigenvalue weighted by molar-refractivity contribution is 0.0949. The molecule has 0 unspecified atom stereocenters. The van der Waals surface area contributed by atoms with Crippen LogP contribution in [0.1, 0.15) is 48.0 Å². The number of nitrogens with one attached hydrogen (secondary N) is 2. The Morgan fingerprint density at radius 1 is 1.30 bits per heavy atom. The summed E-state index contributed by atoms with van der Waals surface area (Å²) in [5, 5.41) is 5.75. The van der Waals surface area contributed by atoms with E-state index < -0.39 is 17.5 Å². The number of hydrogen-bond donors (Lipinski definition) is 2. The van der Waals surface area contributed by atoms with Crippen molar-refractivity contribution in [2.45, 2.75) is 32.1 Å². The number of rotatable bonds is 4. The predicted molar refractivity (Wildman–Crippen MR) is 73.8 cm³/mol. The maximum absolute atomic E-state index is 14.1. The summed E-state index contributed by atoms with van der Waals surface area (Å²) in [6, 6.07) is 2.21. The van der Waals surface area contributed by atoms with Crippen molar-refractivity contribution in [2.24, 2.45) is 0 Å². The van der Waals surface area contributed by atoms with Crippen LogP contribution in [0.25, 0.3) is 0 Å². The first-order valence-corrected chi connectivity index (χ1v) is 7.11. The maximum Gasteiger partial charge on any atom is 0.254 e. The predicted octanol–water partition coefficient (Wildman–Crippen LogP) is 2.57. The molecule has 0 spiro atoms. The van der Waals surface area contributed by atoms with Crippen LogP contribution in [0, 0.1) is 11.6 Å². The summed E-state index contributed by atoms with van der Waals surface area (Å²) >= 11 is 0. The SMILES string of the molecule is CCCNC(=O)c1cc(F)c(C2CCNCC2)cc1F. The third-order valence-corrected chi connectivity index (χ3v) is 3.65. The first-order chi connectivity index (χ1) is 9.63. The van der Waals surface area contributed by atoms with E-state index in [9.17, 15) is 13.6 Å². The van der Waals surface area contributed by atoms with Gasteiger partial charge in [-0.15, -0.1) is 0 Å². The minimum atomic E-state index is -0.645. The summed E-state index contributed by atoms with van der Waals surface area (Å²) < 4.78 is 28.1. The van der Waals surface area contributed by atoms with E-state index in [4.69, 9.17) is 0 Å². The van der Waals surface area contributed by atoms with E-state index in [1.807, 2.05) is 6.92 Å². The zero-order chi connectivity index (χ0) is 14.5. The average Bonchev–Trinajstić information content (AvgIpc) is 2.47. The first-order valence-electron chi connectivity index (χ1n) is 7.11. The highest BCUT2D eigenvalue weighted by atomic mass is 19.1. The van der Waals surface area contributed by atoms with Crippen LogP contribution in [0.2, 0.25) is 0 Å². The fourth-order valence-corrected chi connectivity index (χ4v) is 2.52. The van der Waals surface area contributed by atoms with Crippen LogP contribution in [-0.4, -0.2) is 25.5 Å². The molecule has 1 amide bonds. The molecule has 5 heteroatoms. The summed E-state index contributed by atoms with van der Waals surface area (Å²) in [4.78, 5) is 11.7. The molecule has 2 rings (SSSR count). The minimum absolute atomic E-state index is 0.0264. The normalized spacial score (nSPS) is 16.1. The summed E-state index contributed by atoms with van der Waals surface area (Å²) in [5.74, 6) is -1.66. The van der Waals surface area contributed by atoms with Crippen LogP contribution in [0.4, 0.5) is 8.78 Å². The number of carbonyl (C=O) groups excluding carboxylic acids is 1. The largest absolute Gasteiger partial charge is 0.352 e. The lowest BCUT2D eigenvalue weighted by atomic mass is 9.89. The minimum Gasteiger partial charge on any atom is -0.352 e. The maximum atomic E-state index is 14.1. The molecular formula is C15H20F2N2O. The number of amides is 1. The molecule has 2 N–H and O–H groups in total. The first kappa shape index (κ1) is 14.9. The third kappa shape index (κ3) is 3.33. The molecule has 1 aliphatic rings. The second kappa shape index (κ2) is 6.79. The van der Waals surface area contributed by atoms with Gasteiger partial charge in [0.05, 0.1) is 5.56 Å². The Balaban J connectivity index is 2.21. The van der Waals surface area contributed by atoms with Gasteiger partial charge in [0.15, 0.2) is 0 Å². The Bertz CT molecular complexity index is 485. The molecule has 0 aromatic heterocycles. The van der Waals surface area contributed by atoms with E-state index in [0.717, 1.165) is 38.4 Å². The van der Waals surface area contributed by atoms with Gasteiger partial charge in [-0.1, -0.05) is 6.92 Å². The van der Waals surface area contributed by atoms with Gasteiger partial charge in [0.25, 0.3) is 5.91 Å². The van der Waals surface area contributed by atoms with Gasteiger partial charge in [0, 0.05) is 6.54 Å². The van der Waals surface area contributed by atoms with Gasteiger partial charge in [-0.25, -0.2) is 8.78 Å². The summed E-state index contributed by atoms with van der Waals surface area (Å²) in [6.45, 7) is 3.97. The zero-order valence-electron chi connectivity index (χ0n) is 11.6. The molecule has 1 fully saturated rings. The molecule has 3 nitrogen and oxygen atoms in total. The van der Waals surface area contributed by atoms with Crippen LogP contribution in [0.5, 0.6) is 0 Å². The Morgan fingerprint density at radius 2 is 2.00 bits per heavy atom. The standard InChI is InChI=1S/C15H20F2N2O/c1-2-5-19-15(20)12-9-13(16)11(8-14(12)17)10-3-6-18-7-4-10/h8-10,18H,2-7H2,1H3,(H,19,20). The molecule has 0 bridgehead atoms. The monoisotopic (exact) mass is 282 g/mol. The molecule has 110 valence electrons.